The summed E-state index contributed by atoms with van der Waals surface area (Å²) in [6.45, 7) is 0.0519. The Bertz CT molecular complexity index is 433. The number of rotatable bonds is 3. The maximum Gasteiger partial charge on any atom is 0.319 e. The molecule has 0 saturated heterocycles. The van der Waals surface area contributed by atoms with Crippen LogP contribution in [0, 0.1) is 0 Å². The molecular formula is C11H10F2O4. The Morgan fingerprint density at radius 1 is 1.35 bits per heavy atom. The van der Waals surface area contributed by atoms with Gasteiger partial charge in [0.2, 0.25) is 6.79 Å². The molecular weight excluding hydrogens is 234 g/mol. The molecule has 0 radical (unpaired) electrons. The third kappa shape index (κ3) is 2.15. The summed E-state index contributed by atoms with van der Waals surface area (Å²) in [6.07, 6.45) is -2.83. The lowest BCUT2D eigenvalue weighted by Crippen LogP contribution is -2.21. The summed E-state index contributed by atoms with van der Waals surface area (Å²) in [5.41, 5.74) is 0.149. The molecule has 1 heterocycles. The number of hydrogen-bond donors (Lipinski definition) is 0. The zero-order valence-corrected chi connectivity index (χ0v) is 8.98. The number of ether oxygens (including phenoxy) is 3. The van der Waals surface area contributed by atoms with Gasteiger partial charge >= 0.3 is 5.97 Å². The van der Waals surface area contributed by atoms with Crippen molar-refractivity contribution in [1.29, 1.82) is 0 Å². The lowest BCUT2D eigenvalue weighted by molar-refractivity contribution is -0.146. The van der Waals surface area contributed by atoms with Gasteiger partial charge in [0.15, 0.2) is 11.5 Å². The normalized spacial score (nSPS) is 14.8. The van der Waals surface area contributed by atoms with Gasteiger partial charge in [0.05, 0.1) is 7.11 Å². The third-order valence-corrected chi connectivity index (χ3v) is 2.46. The maximum absolute atomic E-state index is 12.8. The van der Waals surface area contributed by atoms with Gasteiger partial charge < -0.3 is 14.2 Å². The Labute approximate surface area is 96.1 Å². The largest absolute Gasteiger partial charge is 0.468 e. The SMILES string of the molecule is COC(=O)C(c1ccc2c(c1)OCO2)C(F)F. The average Bonchev–Trinajstić information content (AvgIpc) is 2.75. The van der Waals surface area contributed by atoms with Gasteiger partial charge in [-0.1, -0.05) is 6.07 Å². The van der Waals surface area contributed by atoms with E-state index in [1.54, 1.807) is 0 Å². The first kappa shape index (κ1) is 11.6. The lowest BCUT2D eigenvalue weighted by Gasteiger charge is -2.14. The van der Waals surface area contributed by atoms with E-state index in [1.807, 2.05) is 0 Å². The molecule has 1 aliphatic heterocycles. The highest BCUT2D eigenvalue weighted by Gasteiger charge is 2.32. The number of halogens is 2. The first-order chi connectivity index (χ1) is 8.13. The molecule has 92 valence electrons. The highest BCUT2D eigenvalue weighted by atomic mass is 19.3. The zero-order chi connectivity index (χ0) is 12.4. The second-order valence-electron chi connectivity index (χ2n) is 3.45. The van der Waals surface area contributed by atoms with Gasteiger partial charge in [0, 0.05) is 0 Å². The molecule has 0 amide bonds. The summed E-state index contributed by atoms with van der Waals surface area (Å²) in [5.74, 6) is -1.74. The third-order valence-electron chi connectivity index (χ3n) is 2.46. The van der Waals surface area contributed by atoms with Gasteiger partial charge in [-0.25, -0.2) is 8.78 Å². The highest BCUT2D eigenvalue weighted by Crippen LogP contribution is 2.36. The minimum Gasteiger partial charge on any atom is -0.468 e. The van der Waals surface area contributed by atoms with Crippen LogP contribution in [0.1, 0.15) is 11.5 Å². The fourth-order valence-electron chi connectivity index (χ4n) is 1.62. The van der Waals surface area contributed by atoms with Crippen molar-refractivity contribution in [3.8, 4) is 11.5 Å². The first-order valence-electron chi connectivity index (χ1n) is 4.89. The van der Waals surface area contributed by atoms with Crippen LogP contribution >= 0.6 is 0 Å². The molecule has 1 atom stereocenters. The number of methoxy groups -OCH3 is 1. The van der Waals surface area contributed by atoms with Crippen molar-refractivity contribution in [2.24, 2.45) is 0 Å². The summed E-state index contributed by atoms with van der Waals surface area (Å²) in [5, 5.41) is 0. The highest BCUT2D eigenvalue weighted by molar-refractivity contribution is 5.79. The van der Waals surface area contributed by atoms with Crippen molar-refractivity contribution in [3.63, 3.8) is 0 Å². The smallest absolute Gasteiger partial charge is 0.319 e. The standard InChI is InChI=1S/C11H10F2O4/c1-15-11(14)9(10(12)13)6-2-3-7-8(4-6)17-5-16-7/h2-4,9-10H,5H2,1H3. The predicted octanol–water partition coefficient (Wildman–Crippen LogP) is 1.94. The number of esters is 1. The van der Waals surface area contributed by atoms with E-state index in [4.69, 9.17) is 9.47 Å². The number of carbonyl (C=O) groups is 1. The topological polar surface area (TPSA) is 44.8 Å². The molecule has 0 aliphatic carbocycles. The van der Waals surface area contributed by atoms with E-state index < -0.39 is 18.3 Å². The summed E-state index contributed by atoms with van der Waals surface area (Å²) in [6, 6.07) is 4.27. The molecule has 0 N–H and O–H groups in total. The number of hydrogen-bond acceptors (Lipinski definition) is 4. The Balaban J connectivity index is 2.33. The summed E-state index contributed by atoms with van der Waals surface area (Å²) in [7, 11) is 1.07. The quantitative estimate of drug-likeness (QED) is 0.762. The Morgan fingerprint density at radius 3 is 2.71 bits per heavy atom. The molecule has 1 aromatic carbocycles. The van der Waals surface area contributed by atoms with Gasteiger partial charge in [-0.15, -0.1) is 0 Å². The van der Waals surface area contributed by atoms with E-state index in [9.17, 15) is 13.6 Å². The van der Waals surface area contributed by atoms with E-state index >= 15 is 0 Å². The van der Waals surface area contributed by atoms with Gasteiger partial charge in [-0.2, -0.15) is 0 Å². The molecule has 0 spiro atoms. The predicted molar refractivity (Wildman–Crippen MR) is 53.3 cm³/mol. The number of alkyl halides is 2. The van der Waals surface area contributed by atoms with Crippen LogP contribution in [0.2, 0.25) is 0 Å². The van der Waals surface area contributed by atoms with Crippen molar-refractivity contribution in [2.45, 2.75) is 12.3 Å². The lowest BCUT2D eigenvalue weighted by atomic mass is 9.99. The van der Waals surface area contributed by atoms with Crippen molar-refractivity contribution in [2.75, 3.05) is 13.9 Å². The first-order valence-corrected chi connectivity index (χ1v) is 4.89. The minimum absolute atomic E-state index is 0.0519. The van der Waals surface area contributed by atoms with E-state index in [1.165, 1.54) is 18.2 Å². The summed E-state index contributed by atoms with van der Waals surface area (Å²) >= 11 is 0. The molecule has 1 aromatic rings. The van der Waals surface area contributed by atoms with E-state index in [-0.39, 0.29) is 12.4 Å². The molecule has 4 nitrogen and oxygen atoms in total. The summed E-state index contributed by atoms with van der Waals surface area (Å²) < 4.78 is 40.1. The van der Waals surface area contributed by atoms with Crippen LogP contribution in [-0.2, 0) is 9.53 Å². The van der Waals surface area contributed by atoms with Crippen molar-refractivity contribution in [3.05, 3.63) is 23.8 Å². The molecule has 17 heavy (non-hydrogen) atoms. The Hall–Kier alpha value is -1.85. The second kappa shape index (κ2) is 4.57. The van der Waals surface area contributed by atoms with Crippen molar-refractivity contribution < 1.29 is 27.8 Å². The Kier molecular flexibility index (Phi) is 3.12. The van der Waals surface area contributed by atoms with Crippen LogP contribution in [-0.4, -0.2) is 26.3 Å². The van der Waals surface area contributed by atoms with Crippen LogP contribution in [0.15, 0.2) is 18.2 Å². The molecule has 2 rings (SSSR count). The number of fused-ring (bicyclic) bond motifs is 1. The van der Waals surface area contributed by atoms with Gasteiger partial charge in [0.25, 0.3) is 6.43 Å². The second-order valence-corrected chi connectivity index (χ2v) is 3.45. The Morgan fingerprint density at radius 2 is 2.06 bits per heavy atom. The molecule has 0 bridgehead atoms. The van der Waals surface area contributed by atoms with Gasteiger partial charge in [-0.3, -0.25) is 4.79 Å². The molecule has 0 aromatic heterocycles. The van der Waals surface area contributed by atoms with E-state index in [0.29, 0.717) is 11.5 Å². The van der Waals surface area contributed by atoms with E-state index in [2.05, 4.69) is 4.74 Å². The minimum atomic E-state index is -2.83. The van der Waals surface area contributed by atoms with Gasteiger partial charge in [0.1, 0.15) is 5.92 Å². The maximum atomic E-state index is 12.8. The summed E-state index contributed by atoms with van der Waals surface area (Å²) in [4.78, 5) is 11.3. The van der Waals surface area contributed by atoms with Crippen molar-refractivity contribution in [1.82, 2.24) is 0 Å². The van der Waals surface area contributed by atoms with Crippen molar-refractivity contribution >= 4 is 5.97 Å². The fraction of sp³-hybridized carbons (Fsp3) is 0.364. The molecule has 6 heteroatoms. The van der Waals surface area contributed by atoms with Gasteiger partial charge in [-0.05, 0) is 17.7 Å². The van der Waals surface area contributed by atoms with E-state index in [0.717, 1.165) is 7.11 Å². The van der Waals surface area contributed by atoms with Crippen LogP contribution in [0.5, 0.6) is 11.5 Å². The number of benzene rings is 1. The van der Waals surface area contributed by atoms with Crippen LogP contribution in [0.3, 0.4) is 0 Å². The molecule has 0 fully saturated rings. The molecule has 0 saturated carbocycles. The molecule has 1 unspecified atom stereocenters. The van der Waals surface area contributed by atoms with Crippen LogP contribution < -0.4 is 9.47 Å². The zero-order valence-electron chi connectivity index (χ0n) is 8.98. The average molecular weight is 244 g/mol. The molecule has 1 aliphatic rings. The number of carbonyl (C=O) groups excluding carboxylic acids is 1. The van der Waals surface area contributed by atoms with Crippen LogP contribution in [0.25, 0.3) is 0 Å². The fourth-order valence-corrected chi connectivity index (χ4v) is 1.62. The van der Waals surface area contributed by atoms with Crippen LogP contribution in [0.4, 0.5) is 8.78 Å². The monoisotopic (exact) mass is 244 g/mol.